The molecule has 1 unspecified atom stereocenters. The van der Waals surface area contributed by atoms with Crippen molar-refractivity contribution < 1.29 is 14.6 Å². The fourth-order valence-corrected chi connectivity index (χ4v) is 1.70. The highest BCUT2D eigenvalue weighted by atomic mass is 16.5. The lowest BCUT2D eigenvalue weighted by Gasteiger charge is -2.33. The number of hydrogen-bond acceptors (Lipinski definition) is 2. The van der Waals surface area contributed by atoms with Crippen molar-refractivity contribution in [2.45, 2.75) is 31.3 Å². The molecule has 0 aromatic heterocycles. The minimum atomic E-state index is -0.819. The highest BCUT2D eigenvalue weighted by Crippen LogP contribution is 2.29. The summed E-state index contributed by atoms with van der Waals surface area (Å²) in [5, 5.41) is 8.79. The average Bonchev–Trinajstić information content (AvgIpc) is 2.15. The van der Waals surface area contributed by atoms with Gasteiger partial charge in [0, 0.05) is 6.61 Å². The number of carboxylic acid groups (broad SMARTS) is 1. The van der Waals surface area contributed by atoms with Crippen LogP contribution in [0.25, 0.3) is 0 Å². The van der Waals surface area contributed by atoms with E-state index in [4.69, 9.17) is 9.84 Å². The van der Waals surface area contributed by atoms with Crippen LogP contribution in [0.3, 0.4) is 0 Å². The van der Waals surface area contributed by atoms with Crippen molar-refractivity contribution in [3.05, 3.63) is 24.8 Å². The molecule has 1 atom stereocenters. The molecule has 0 aliphatic carbocycles. The molecular formula is C11H16O3. The van der Waals surface area contributed by atoms with E-state index in [1.807, 2.05) is 6.08 Å². The van der Waals surface area contributed by atoms with Gasteiger partial charge in [-0.25, -0.2) is 0 Å². The van der Waals surface area contributed by atoms with Crippen molar-refractivity contribution in [1.82, 2.24) is 0 Å². The zero-order valence-corrected chi connectivity index (χ0v) is 8.24. The van der Waals surface area contributed by atoms with Crippen LogP contribution in [0.5, 0.6) is 0 Å². The van der Waals surface area contributed by atoms with Gasteiger partial charge in [0.05, 0.1) is 12.0 Å². The summed E-state index contributed by atoms with van der Waals surface area (Å²) in [5.74, 6) is -0.819. The predicted molar refractivity (Wildman–Crippen MR) is 54.1 cm³/mol. The van der Waals surface area contributed by atoms with Crippen molar-refractivity contribution in [2.75, 3.05) is 6.61 Å². The quantitative estimate of drug-likeness (QED) is 0.701. The minimum Gasteiger partial charge on any atom is -0.481 e. The van der Waals surface area contributed by atoms with E-state index in [2.05, 4.69) is 6.58 Å². The number of aliphatic carboxylic acids is 1. The van der Waals surface area contributed by atoms with Gasteiger partial charge in [-0.3, -0.25) is 4.79 Å². The summed E-state index contributed by atoms with van der Waals surface area (Å²) < 4.78 is 5.56. The average molecular weight is 196 g/mol. The van der Waals surface area contributed by atoms with Crippen LogP contribution in [0.2, 0.25) is 0 Å². The van der Waals surface area contributed by atoms with E-state index >= 15 is 0 Å². The Hall–Kier alpha value is -1.09. The Morgan fingerprint density at radius 2 is 2.36 bits per heavy atom. The van der Waals surface area contributed by atoms with Crippen molar-refractivity contribution in [2.24, 2.45) is 0 Å². The number of allylic oxidation sites excluding steroid dienone is 2. The van der Waals surface area contributed by atoms with Gasteiger partial charge >= 0.3 is 5.97 Å². The highest BCUT2D eigenvalue weighted by molar-refractivity contribution is 5.68. The molecule has 14 heavy (non-hydrogen) atoms. The second-order valence-electron chi connectivity index (χ2n) is 3.54. The van der Waals surface area contributed by atoms with Gasteiger partial charge in [0.2, 0.25) is 0 Å². The van der Waals surface area contributed by atoms with Gasteiger partial charge in [0.15, 0.2) is 0 Å². The van der Waals surface area contributed by atoms with Gasteiger partial charge in [0.25, 0.3) is 0 Å². The molecular weight excluding hydrogens is 180 g/mol. The Morgan fingerprint density at radius 3 is 2.86 bits per heavy atom. The van der Waals surface area contributed by atoms with Gasteiger partial charge in [0.1, 0.15) is 0 Å². The number of carboxylic acids is 1. The largest absolute Gasteiger partial charge is 0.481 e. The molecule has 0 saturated carbocycles. The van der Waals surface area contributed by atoms with Crippen LogP contribution in [-0.4, -0.2) is 23.3 Å². The topological polar surface area (TPSA) is 46.5 Å². The van der Waals surface area contributed by atoms with E-state index in [9.17, 15) is 4.79 Å². The van der Waals surface area contributed by atoms with Gasteiger partial charge in [-0.2, -0.15) is 0 Å². The molecule has 1 rings (SSSR count). The van der Waals surface area contributed by atoms with E-state index in [-0.39, 0.29) is 6.42 Å². The summed E-state index contributed by atoms with van der Waals surface area (Å²) in [5.41, 5.74) is -0.599. The van der Waals surface area contributed by atoms with Crippen LogP contribution in [0, 0.1) is 0 Å². The maximum atomic E-state index is 10.7. The molecule has 1 heterocycles. The fourth-order valence-electron chi connectivity index (χ4n) is 1.70. The summed E-state index contributed by atoms with van der Waals surface area (Å²) >= 11 is 0. The molecule has 1 aliphatic rings. The number of rotatable bonds is 4. The van der Waals surface area contributed by atoms with Crippen LogP contribution < -0.4 is 0 Å². The summed E-state index contributed by atoms with van der Waals surface area (Å²) in [6.45, 7) is 4.21. The lowest BCUT2D eigenvalue weighted by atomic mass is 9.90. The molecule has 0 aromatic rings. The highest BCUT2D eigenvalue weighted by Gasteiger charge is 2.32. The van der Waals surface area contributed by atoms with Gasteiger partial charge < -0.3 is 9.84 Å². The molecule has 1 aliphatic heterocycles. The molecule has 0 amide bonds. The Labute approximate surface area is 84.1 Å². The molecule has 0 radical (unpaired) electrons. The summed E-state index contributed by atoms with van der Waals surface area (Å²) in [6, 6.07) is 0. The molecule has 3 heteroatoms. The molecule has 1 saturated heterocycles. The molecule has 1 N–H and O–H groups in total. The van der Waals surface area contributed by atoms with Crippen LogP contribution in [-0.2, 0) is 9.53 Å². The second kappa shape index (κ2) is 4.96. The number of hydrogen-bond donors (Lipinski definition) is 1. The zero-order chi connectivity index (χ0) is 10.4. The molecule has 1 fully saturated rings. The minimum absolute atomic E-state index is 0.0390. The van der Waals surface area contributed by atoms with Gasteiger partial charge in [-0.05, 0) is 19.3 Å². The number of ether oxygens (including phenoxy) is 1. The van der Waals surface area contributed by atoms with Gasteiger partial charge in [-0.15, -0.1) is 0 Å². The van der Waals surface area contributed by atoms with Crippen molar-refractivity contribution >= 4 is 5.97 Å². The van der Waals surface area contributed by atoms with Gasteiger partial charge in [-0.1, -0.05) is 24.8 Å². The first-order valence-electron chi connectivity index (χ1n) is 4.84. The Kier molecular flexibility index (Phi) is 3.89. The van der Waals surface area contributed by atoms with Crippen LogP contribution in [0.1, 0.15) is 25.7 Å². The zero-order valence-electron chi connectivity index (χ0n) is 8.24. The summed E-state index contributed by atoms with van der Waals surface area (Å²) in [4.78, 5) is 10.7. The molecule has 0 spiro atoms. The Bertz CT molecular complexity index is 237. The SMILES string of the molecule is C=C/C=C/C1(CC(=O)O)CCCCO1. The lowest BCUT2D eigenvalue weighted by Crippen LogP contribution is -2.36. The summed E-state index contributed by atoms with van der Waals surface area (Å²) in [7, 11) is 0. The third kappa shape index (κ3) is 3.00. The van der Waals surface area contributed by atoms with E-state index in [1.54, 1.807) is 12.2 Å². The number of carbonyl (C=O) groups is 1. The second-order valence-corrected chi connectivity index (χ2v) is 3.54. The Morgan fingerprint density at radius 1 is 1.57 bits per heavy atom. The normalized spacial score (nSPS) is 27.7. The maximum Gasteiger partial charge on any atom is 0.306 e. The van der Waals surface area contributed by atoms with E-state index in [0.29, 0.717) is 6.61 Å². The first kappa shape index (κ1) is 11.0. The third-order valence-electron chi connectivity index (χ3n) is 2.37. The van der Waals surface area contributed by atoms with E-state index < -0.39 is 11.6 Å². The fraction of sp³-hybridized carbons (Fsp3) is 0.545. The smallest absolute Gasteiger partial charge is 0.306 e. The van der Waals surface area contributed by atoms with Crippen molar-refractivity contribution in [3.8, 4) is 0 Å². The maximum absolute atomic E-state index is 10.7. The monoisotopic (exact) mass is 196 g/mol. The van der Waals surface area contributed by atoms with E-state index in [0.717, 1.165) is 19.3 Å². The molecule has 0 bridgehead atoms. The third-order valence-corrected chi connectivity index (χ3v) is 2.37. The van der Waals surface area contributed by atoms with Crippen molar-refractivity contribution in [1.29, 1.82) is 0 Å². The molecule has 0 aromatic carbocycles. The molecule has 78 valence electrons. The first-order valence-corrected chi connectivity index (χ1v) is 4.84. The van der Waals surface area contributed by atoms with E-state index in [1.165, 1.54) is 0 Å². The Balaban J connectivity index is 2.70. The lowest BCUT2D eigenvalue weighted by molar-refractivity contribution is -0.145. The first-order chi connectivity index (χ1) is 6.68. The molecule has 3 nitrogen and oxygen atoms in total. The van der Waals surface area contributed by atoms with Crippen LogP contribution >= 0.6 is 0 Å². The summed E-state index contributed by atoms with van der Waals surface area (Å²) in [6.07, 6.45) is 8.07. The van der Waals surface area contributed by atoms with Crippen molar-refractivity contribution in [3.63, 3.8) is 0 Å². The predicted octanol–water partition coefficient (Wildman–Crippen LogP) is 2.14. The van der Waals surface area contributed by atoms with Crippen LogP contribution in [0.15, 0.2) is 24.8 Å². The van der Waals surface area contributed by atoms with Crippen LogP contribution in [0.4, 0.5) is 0 Å². The standard InChI is InChI=1S/C11H16O3/c1-2-3-6-11(9-10(12)13)7-4-5-8-14-11/h2-3,6H,1,4-5,7-9H2,(H,12,13)/b6-3+.